The van der Waals surface area contributed by atoms with Crippen molar-refractivity contribution >= 4 is 17.1 Å². The van der Waals surface area contributed by atoms with Crippen LogP contribution in [0.25, 0.3) is 11.2 Å². The molecule has 2 rings (SSSR count). The molecule has 0 unspecified atom stereocenters. The second-order valence-corrected chi connectivity index (χ2v) is 5.21. The van der Waals surface area contributed by atoms with Gasteiger partial charge in [-0.05, 0) is 12.8 Å². The standard InChI is InChI=1S/C14H23N5O2/c1-4-6-8-15-13-16-11-10(19(13)9-7-5-2)12(20)17-14(21)18(11)3/h4-9H2,1-3H3,(H,15,16)(H,17,20,21). The molecule has 21 heavy (non-hydrogen) atoms. The van der Waals surface area contributed by atoms with E-state index < -0.39 is 5.69 Å². The van der Waals surface area contributed by atoms with E-state index in [9.17, 15) is 9.59 Å². The van der Waals surface area contributed by atoms with E-state index in [1.807, 2.05) is 4.57 Å². The van der Waals surface area contributed by atoms with Crippen molar-refractivity contribution in [2.75, 3.05) is 11.9 Å². The summed E-state index contributed by atoms with van der Waals surface area (Å²) in [6.45, 7) is 5.74. The van der Waals surface area contributed by atoms with E-state index in [1.54, 1.807) is 7.05 Å². The third kappa shape index (κ3) is 3.01. The number of nitrogens with zero attached hydrogens (tertiary/aromatic N) is 3. The van der Waals surface area contributed by atoms with E-state index in [0.717, 1.165) is 32.2 Å². The summed E-state index contributed by atoms with van der Waals surface area (Å²) >= 11 is 0. The lowest BCUT2D eigenvalue weighted by Crippen LogP contribution is -2.29. The highest BCUT2D eigenvalue weighted by atomic mass is 16.2. The molecule has 2 heterocycles. The number of aryl methyl sites for hydroxylation is 2. The molecule has 2 N–H and O–H groups in total. The molecule has 0 aliphatic heterocycles. The van der Waals surface area contributed by atoms with Gasteiger partial charge in [0, 0.05) is 20.1 Å². The van der Waals surface area contributed by atoms with E-state index in [2.05, 4.69) is 29.1 Å². The summed E-state index contributed by atoms with van der Waals surface area (Å²) in [4.78, 5) is 30.6. The van der Waals surface area contributed by atoms with Crippen LogP contribution in [0.15, 0.2) is 9.59 Å². The average molecular weight is 293 g/mol. The van der Waals surface area contributed by atoms with E-state index in [4.69, 9.17) is 0 Å². The van der Waals surface area contributed by atoms with Crippen molar-refractivity contribution in [1.29, 1.82) is 0 Å². The smallest absolute Gasteiger partial charge is 0.329 e. The third-order valence-electron chi connectivity index (χ3n) is 3.56. The minimum atomic E-state index is -0.437. The Morgan fingerprint density at radius 3 is 2.57 bits per heavy atom. The Morgan fingerprint density at radius 2 is 1.90 bits per heavy atom. The lowest BCUT2D eigenvalue weighted by atomic mass is 10.3. The average Bonchev–Trinajstić information content (AvgIpc) is 2.82. The van der Waals surface area contributed by atoms with Gasteiger partial charge in [0.15, 0.2) is 11.2 Å². The lowest BCUT2D eigenvalue weighted by molar-refractivity contribution is 0.645. The summed E-state index contributed by atoms with van der Waals surface area (Å²) < 4.78 is 3.26. The number of aromatic nitrogens is 4. The Labute approximate surface area is 123 Å². The maximum atomic E-state index is 12.1. The molecule has 0 fully saturated rings. The molecular formula is C14H23N5O2. The molecule has 7 heteroatoms. The topological polar surface area (TPSA) is 84.7 Å². The highest BCUT2D eigenvalue weighted by molar-refractivity contribution is 5.74. The molecule has 0 bridgehead atoms. The molecule has 0 saturated heterocycles. The Morgan fingerprint density at radius 1 is 1.19 bits per heavy atom. The van der Waals surface area contributed by atoms with E-state index in [1.165, 1.54) is 4.57 Å². The van der Waals surface area contributed by atoms with Gasteiger partial charge in [0.05, 0.1) is 0 Å². The van der Waals surface area contributed by atoms with Crippen LogP contribution >= 0.6 is 0 Å². The first-order valence-electron chi connectivity index (χ1n) is 7.53. The predicted molar refractivity (Wildman–Crippen MR) is 83.9 cm³/mol. The largest absolute Gasteiger partial charge is 0.356 e. The van der Waals surface area contributed by atoms with Crippen LogP contribution in [0.4, 0.5) is 5.95 Å². The Hall–Kier alpha value is -2.05. The molecule has 0 aromatic carbocycles. The first kappa shape index (κ1) is 15.3. The summed E-state index contributed by atoms with van der Waals surface area (Å²) in [5.74, 6) is 0.665. The zero-order chi connectivity index (χ0) is 15.4. The summed E-state index contributed by atoms with van der Waals surface area (Å²) in [5.41, 5.74) is 0.0800. The minimum Gasteiger partial charge on any atom is -0.356 e. The fraction of sp³-hybridized carbons (Fsp3) is 0.643. The van der Waals surface area contributed by atoms with Crippen molar-refractivity contribution in [2.45, 2.75) is 46.1 Å². The number of hydrogen-bond donors (Lipinski definition) is 2. The van der Waals surface area contributed by atoms with Gasteiger partial charge in [0.1, 0.15) is 0 Å². The SMILES string of the molecule is CCCCNc1nc2c(c(=O)[nH]c(=O)n2C)n1CCCC. The molecule has 0 atom stereocenters. The van der Waals surface area contributed by atoms with Gasteiger partial charge in [-0.15, -0.1) is 0 Å². The number of imidazole rings is 1. The van der Waals surface area contributed by atoms with Crippen molar-refractivity contribution in [3.63, 3.8) is 0 Å². The molecule has 116 valence electrons. The number of rotatable bonds is 7. The number of fused-ring (bicyclic) bond motifs is 1. The highest BCUT2D eigenvalue weighted by Gasteiger charge is 2.16. The van der Waals surface area contributed by atoms with Crippen LogP contribution in [0.1, 0.15) is 39.5 Å². The second kappa shape index (κ2) is 6.60. The second-order valence-electron chi connectivity index (χ2n) is 5.21. The monoisotopic (exact) mass is 293 g/mol. The number of H-pyrrole nitrogens is 1. The van der Waals surface area contributed by atoms with Gasteiger partial charge in [0.2, 0.25) is 5.95 Å². The van der Waals surface area contributed by atoms with Gasteiger partial charge in [0.25, 0.3) is 5.56 Å². The molecule has 0 aliphatic rings. The zero-order valence-corrected chi connectivity index (χ0v) is 12.9. The third-order valence-corrected chi connectivity index (χ3v) is 3.56. The van der Waals surface area contributed by atoms with Crippen molar-refractivity contribution in [1.82, 2.24) is 19.1 Å². The van der Waals surface area contributed by atoms with Crippen molar-refractivity contribution in [3.8, 4) is 0 Å². The van der Waals surface area contributed by atoms with E-state index >= 15 is 0 Å². The molecule has 0 amide bonds. The van der Waals surface area contributed by atoms with Gasteiger partial charge >= 0.3 is 5.69 Å². The minimum absolute atomic E-state index is 0.375. The molecule has 0 aliphatic carbocycles. The Balaban J connectivity index is 2.55. The van der Waals surface area contributed by atoms with Crippen LogP contribution < -0.4 is 16.6 Å². The van der Waals surface area contributed by atoms with Gasteiger partial charge in [-0.1, -0.05) is 26.7 Å². The quantitative estimate of drug-likeness (QED) is 0.756. The van der Waals surface area contributed by atoms with E-state index in [0.29, 0.717) is 23.7 Å². The van der Waals surface area contributed by atoms with Crippen molar-refractivity contribution in [3.05, 3.63) is 20.8 Å². The molecular weight excluding hydrogens is 270 g/mol. The van der Waals surface area contributed by atoms with Gasteiger partial charge < -0.3 is 9.88 Å². The van der Waals surface area contributed by atoms with Crippen LogP contribution in [0.3, 0.4) is 0 Å². The Kier molecular flexibility index (Phi) is 4.82. The summed E-state index contributed by atoms with van der Waals surface area (Å²) in [6, 6.07) is 0. The van der Waals surface area contributed by atoms with Crippen LogP contribution in [0.5, 0.6) is 0 Å². The van der Waals surface area contributed by atoms with Crippen LogP contribution in [0.2, 0.25) is 0 Å². The van der Waals surface area contributed by atoms with Crippen LogP contribution in [-0.2, 0) is 13.6 Å². The molecule has 2 aromatic heterocycles. The number of unbranched alkanes of at least 4 members (excludes halogenated alkanes) is 2. The number of aromatic amines is 1. The summed E-state index contributed by atoms with van der Waals surface area (Å²) in [6.07, 6.45) is 4.10. The summed E-state index contributed by atoms with van der Waals surface area (Å²) in [7, 11) is 1.62. The van der Waals surface area contributed by atoms with E-state index in [-0.39, 0.29) is 5.56 Å². The number of anilines is 1. The fourth-order valence-corrected chi connectivity index (χ4v) is 2.28. The first-order chi connectivity index (χ1) is 10.1. The van der Waals surface area contributed by atoms with Crippen LogP contribution in [0, 0.1) is 0 Å². The summed E-state index contributed by atoms with van der Waals surface area (Å²) in [5, 5.41) is 3.27. The molecule has 7 nitrogen and oxygen atoms in total. The van der Waals surface area contributed by atoms with Crippen LogP contribution in [-0.4, -0.2) is 25.6 Å². The lowest BCUT2D eigenvalue weighted by Gasteiger charge is -2.09. The normalized spacial score (nSPS) is 11.2. The zero-order valence-electron chi connectivity index (χ0n) is 12.9. The molecule has 0 spiro atoms. The maximum absolute atomic E-state index is 12.1. The predicted octanol–water partition coefficient (Wildman–Crippen LogP) is 1.44. The maximum Gasteiger partial charge on any atom is 0.329 e. The Bertz CT molecular complexity index is 725. The number of nitrogens with one attached hydrogen (secondary N) is 2. The molecule has 0 radical (unpaired) electrons. The number of hydrogen-bond acceptors (Lipinski definition) is 4. The van der Waals surface area contributed by atoms with Crippen molar-refractivity contribution < 1.29 is 0 Å². The fourth-order valence-electron chi connectivity index (χ4n) is 2.28. The van der Waals surface area contributed by atoms with Gasteiger partial charge in [-0.3, -0.25) is 14.3 Å². The van der Waals surface area contributed by atoms with Gasteiger partial charge in [-0.25, -0.2) is 4.79 Å². The molecule has 0 saturated carbocycles. The molecule has 2 aromatic rings. The first-order valence-corrected chi connectivity index (χ1v) is 7.53. The van der Waals surface area contributed by atoms with Gasteiger partial charge in [-0.2, -0.15) is 4.98 Å². The van der Waals surface area contributed by atoms with Crippen molar-refractivity contribution in [2.24, 2.45) is 7.05 Å². The highest BCUT2D eigenvalue weighted by Crippen LogP contribution is 2.16.